The number of pyridine rings is 1. The Hall–Kier alpha value is -2.65. The molecule has 1 atom stereocenters. The Bertz CT molecular complexity index is 769. The Morgan fingerprint density at radius 3 is 2.09 bits per heavy atom. The molecule has 2 N–H and O–H groups in total. The molecular formula is C20H21N3. The molecule has 0 spiro atoms. The van der Waals surface area contributed by atoms with Gasteiger partial charge in [0.2, 0.25) is 0 Å². The fraction of sp³-hybridized carbons (Fsp3) is 0.150. The van der Waals surface area contributed by atoms with Gasteiger partial charge >= 0.3 is 0 Å². The number of anilines is 2. The number of nitrogens with two attached hydrogens (primary N) is 1. The van der Waals surface area contributed by atoms with Gasteiger partial charge < -0.3 is 10.6 Å². The molecule has 1 aromatic heterocycles. The highest BCUT2D eigenvalue weighted by Gasteiger charge is 2.14. The summed E-state index contributed by atoms with van der Waals surface area (Å²) in [6.45, 7) is 2.01. The summed E-state index contributed by atoms with van der Waals surface area (Å²) in [4.78, 5) is 6.82. The lowest BCUT2D eigenvalue weighted by Crippen LogP contribution is -2.16. The van der Waals surface area contributed by atoms with E-state index in [0.717, 1.165) is 28.3 Å². The Balaban J connectivity index is 1.89. The third-order valence-corrected chi connectivity index (χ3v) is 4.09. The molecule has 0 aliphatic heterocycles. The number of hydrogen-bond donors (Lipinski definition) is 1. The highest BCUT2D eigenvalue weighted by Crippen LogP contribution is 2.26. The molecule has 3 heteroatoms. The molecule has 0 amide bonds. The van der Waals surface area contributed by atoms with E-state index in [4.69, 9.17) is 10.7 Å². The molecule has 3 nitrogen and oxygen atoms in total. The Morgan fingerprint density at radius 1 is 0.870 bits per heavy atom. The standard InChI is InChI=1S/C20H21N3/c1-15-18(20(21)16-9-5-3-6-10-16)13-14-19(22-15)23(2)17-11-7-4-8-12-17/h3-14,20H,21H2,1-2H3/t20-/m0/s1. The predicted molar refractivity (Wildman–Crippen MR) is 96.0 cm³/mol. The van der Waals surface area contributed by atoms with Gasteiger partial charge in [0, 0.05) is 18.4 Å². The van der Waals surface area contributed by atoms with Crippen molar-refractivity contribution in [1.29, 1.82) is 0 Å². The number of para-hydroxylation sites is 1. The van der Waals surface area contributed by atoms with Gasteiger partial charge in [0.05, 0.1) is 6.04 Å². The van der Waals surface area contributed by atoms with E-state index in [1.165, 1.54) is 0 Å². The minimum absolute atomic E-state index is 0.153. The lowest BCUT2D eigenvalue weighted by atomic mass is 9.98. The third kappa shape index (κ3) is 3.25. The van der Waals surface area contributed by atoms with Gasteiger partial charge in [-0.1, -0.05) is 54.6 Å². The molecule has 0 aliphatic carbocycles. The maximum absolute atomic E-state index is 6.40. The molecular weight excluding hydrogens is 282 g/mol. The van der Waals surface area contributed by atoms with Crippen LogP contribution in [0, 0.1) is 6.92 Å². The molecule has 116 valence electrons. The fourth-order valence-corrected chi connectivity index (χ4v) is 2.70. The fourth-order valence-electron chi connectivity index (χ4n) is 2.70. The number of rotatable bonds is 4. The van der Waals surface area contributed by atoms with Crippen LogP contribution in [0.4, 0.5) is 11.5 Å². The van der Waals surface area contributed by atoms with Crippen LogP contribution in [0.25, 0.3) is 0 Å². The zero-order chi connectivity index (χ0) is 16.2. The van der Waals surface area contributed by atoms with Crippen molar-refractivity contribution in [1.82, 2.24) is 4.98 Å². The summed E-state index contributed by atoms with van der Waals surface area (Å²) in [7, 11) is 2.02. The Kier molecular flexibility index (Phi) is 4.40. The maximum atomic E-state index is 6.40. The second-order valence-electron chi connectivity index (χ2n) is 5.63. The lowest BCUT2D eigenvalue weighted by molar-refractivity contribution is 0.846. The van der Waals surface area contributed by atoms with E-state index >= 15 is 0 Å². The quantitative estimate of drug-likeness (QED) is 0.785. The van der Waals surface area contributed by atoms with Gasteiger partial charge in [-0.05, 0) is 36.2 Å². The molecule has 0 fully saturated rings. The number of aromatic nitrogens is 1. The monoisotopic (exact) mass is 303 g/mol. The second kappa shape index (κ2) is 6.63. The zero-order valence-corrected chi connectivity index (χ0v) is 13.5. The minimum atomic E-state index is -0.153. The van der Waals surface area contributed by atoms with Gasteiger partial charge in [0.25, 0.3) is 0 Å². The first kappa shape index (κ1) is 15.3. The van der Waals surface area contributed by atoms with E-state index < -0.39 is 0 Å². The predicted octanol–water partition coefficient (Wildman–Crippen LogP) is 4.21. The van der Waals surface area contributed by atoms with Gasteiger partial charge in [-0.3, -0.25) is 0 Å². The third-order valence-electron chi connectivity index (χ3n) is 4.09. The van der Waals surface area contributed by atoms with E-state index in [2.05, 4.69) is 23.1 Å². The number of aryl methyl sites for hydroxylation is 1. The van der Waals surface area contributed by atoms with E-state index in [-0.39, 0.29) is 6.04 Å². The van der Waals surface area contributed by atoms with Crippen LogP contribution in [0.1, 0.15) is 22.9 Å². The molecule has 1 heterocycles. The average molecular weight is 303 g/mol. The lowest BCUT2D eigenvalue weighted by Gasteiger charge is -2.21. The summed E-state index contributed by atoms with van der Waals surface area (Å²) in [5.74, 6) is 0.915. The smallest absolute Gasteiger partial charge is 0.132 e. The van der Waals surface area contributed by atoms with Crippen molar-refractivity contribution in [3.8, 4) is 0 Å². The largest absolute Gasteiger partial charge is 0.329 e. The van der Waals surface area contributed by atoms with Crippen LogP contribution in [0.3, 0.4) is 0 Å². The van der Waals surface area contributed by atoms with Crippen LogP contribution in [0.2, 0.25) is 0 Å². The summed E-state index contributed by atoms with van der Waals surface area (Å²) in [5.41, 5.74) is 10.6. The van der Waals surface area contributed by atoms with Gasteiger partial charge in [0.1, 0.15) is 5.82 Å². The molecule has 0 saturated carbocycles. The summed E-state index contributed by atoms with van der Waals surface area (Å²) in [6.07, 6.45) is 0. The molecule has 0 radical (unpaired) electrons. The SMILES string of the molecule is Cc1nc(N(C)c2ccccc2)ccc1[C@@H](N)c1ccccc1. The summed E-state index contributed by atoms with van der Waals surface area (Å²) in [6, 6.07) is 24.3. The van der Waals surface area contributed by atoms with E-state index in [9.17, 15) is 0 Å². The van der Waals surface area contributed by atoms with Crippen LogP contribution in [-0.4, -0.2) is 12.0 Å². The van der Waals surface area contributed by atoms with Gasteiger partial charge in [-0.25, -0.2) is 4.98 Å². The van der Waals surface area contributed by atoms with Crippen molar-refractivity contribution in [3.63, 3.8) is 0 Å². The normalized spacial score (nSPS) is 12.0. The number of hydrogen-bond acceptors (Lipinski definition) is 3. The molecule has 3 rings (SSSR count). The van der Waals surface area contributed by atoms with Gasteiger partial charge in [-0.15, -0.1) is 0 Å². The van der Waals surface area contributed by atoms with Crippen molar-refractivity contribution < 1.29 is 0 Å². The maximum Gasteiger partial charge on any atom is 0.132 e. The number of nitrogens with zero attached hydrogens (tertiary/aromatic N) is 2. The van der Waals surface area contributed by atoms with Crippen molar-refractivity contribution in [2.24, 2.45) is 5.73 Å². The first-order valence-electron chi connectivity index (χ1n) is 7.73. The highest BCUT2D eigenvalue weighted by molar-refractivity contribution is 5.59. The van der Waals surface area contributed by atoms with Crippen LogP contribution in [0.5, 0.6) is 0 Å². The first-order chi connectivity index (χ1) is 11.2. The van der Waals surface area contributed by atoms with Crippen molar-refractivity contribution in [3.05, 3.63) is 89.6 Å². The van der Waals surface area contributed by atoms with Crippen molar-refractivity contribution in [2.45, 2.75) is 13.0 Å². The average Bonchev–Trinajstić information content (AvgIpc) is 2.62. The Morgan fingerprint density at radius 2 is 1.48 bits per heavy atom. The molecule has 0 saturated heterocycles. The molecule has 23 heavy (non-hydrogen) atoms. The van der Waals surface area contributed by atoms with Crippen molar-refractivity contribution in [2.75, 3.05) is 11.9 Å². The second-order valence-corrected chi connectivity index (χ2v) is 5.63. The van der Waals surface area contributed by atoms with E-state index in [1.807, 2.05) is 68.6 Å². The molecule has 0 aliphatic rings. The van der Waals surface area contributed by atoms with E-state index in [1.54, 1.807) is 0 Å². The summed E-state index contributed by atoms with van der Waals surface area (Å²) in [5, 5.41) is 0. The topological polar surface area (TPSA) is 42.2 Å². The van der Waals surface area contributed by atoms with Gasteiger partial charge in [-0.2, -0.15) is 0 Å². The molecule has 0 bridgehead atoms. The Labute approximate surface area is 137 Å². The molecule has 2 aromatic carbocycles. The zero-order valence-electron chi connectivity index (χ0n) is 13.5. The minimum Gasteiger partial charge on any atom is -0.329 e. The molecule has 0 unspecified atom stereocenters. The number of benzene rings is 2. The summed E-state index contributed by atoms with van der Waals surface area (Å²) < 4.78 is 0. The molecule has 3 aromatic rings. The van der Waals surface area contributed by atoms with Crippen LogP contribution < -0.4 is 10.6 Å². The van der Waals surface area contributed by atoms with Crippen LogP contribution in [0.15, 0.2) is 72.8 Å². The van der Waals surface area contributed by atoms with E-state index in [0.29, 0.717) is 0 Å². The highest BCUT2D eigenvalue weighted by atomic mass is 15.2. The van der Waals surface area contributed by atoms with Crippen LogP contribution >= 0.6 is 0 Å². The van der Waals surface area contributed by atoms with Crippen molar-refractivity contribution >= 4 is 11.5 Å². The first-order valence-corrected chi connectivity index (χ1v) is 7.73. The summed E-state index contributed by atoms with van der Waals surface area (Å²) >= 11 is 0. The van der Waals surface area contributed by atoms with Crippen LogP contribution in [-0.2, 0) is 0 Å². The van der Waals surface area contributed by atoms with Gasteiger partial charge in [0.15, 0.2) is 0 Å².